The average molecular weight is 290 g/mol. The molecule has 1 saturated carbocycles. The smallest absolute Gasteiger partial charge is 0.226 e. The average Bonchev–Trinajstić information content (AvgIpc) is 3.08. The highest BCUT2D eigenvalue weighted by molar-refractivity contribution is 5.79. The van der Waals surface area contributed by atoms with E-state index in [1.807, 2.05) is 19.3 Å². The van der Waals surface area contributed by atoms with E-state index in [9.17, 15) is 4.79 Å². The van der Waals surface area contributed by atoms with Crippen LogP contribution in [0.25, 0.3) is 0 Å². The Morgan fingerprint density at radius 3 is 2.95 bits per heavy atom. The molecule has 1 aromatic rings. The lowest BCUT2D eigenvalue weighted by molar-refractivity contribution is -0.137. The largest absolute Gasteiger partial charge is 0.338 e. The number of nitrogens with zero attached hydrogens (tertiary/aromatic N) is 3. The molecular formula is C16H26N4O. The number of aryl methyl sites for hydroxylation is 1. The van der Waals surface area contributed by atoms with Gasteiger partial charge in [0.15, 0.2) is 0 Å². The van der Waals surface area contributed by atoms with Crippen molar-refractivity contribution in [1.82, 2.24) is 14.5 Å². The normalized spacial score (nSPS) is 29.8. The van der Waals surface area contributed by atoms with Crippen LogP contribution in [-0.2, 0) is 11.3 Å². The molecule has 0 spiro atoms. The number of hydrogen-bond acceptors (Lipinski definition) is 3. The molecule has 1 amide bonds. The van der Waals surface area contributed by atoms with Crippen molar-refractivity contribution in [3.05, 3.63) is 18.2 Å². The minimum Gasteiger partial charge on any atom is -0.338 e. The molecule has 0 radical (unpaired) electrons. The van der Waals surface area contributed by atoms with Gasteiger partial charge < -0.3 is 15.2 Å². The lowest BCUT2D eigenvalue weighted by Gasteiger charge is -2.32. The van der Waals surface area contributed by atoms with Gasteiger partial charge in [-0.05, 0) is 39.0 Å². The van der Waals surface area contributed by atoms with Gasteiger partial charge in [-0.2, -0.15) is 0 Å². The molecule has 3 atom stereocenters. The third-order valence-electron chi connectivity index (χ3n) is 5.06. The summed E-state index contributed by atoms with van der Waals surface area (Å²) in [6, 6.07) is 0.535. The van der Waals surface area contributed by atoms with E-state index in [4.69, 9.17) is 5.73 Å². The molecule has 5 nitrogen and oxygen atoms in total. The Morgan fingerprint density at radius 1 is 1.38 bits per heavy atom. The summed E-state index contributed by atoms with van der Waals surface area (Å²) in [5, 5.41) is 0. The van der Waals surface area contributed by atoms with Gasteiger partial charge in [0.25, 0.3) is 0 Å². The fourth-order valence-corrected chi connectivity index (χ4v) is 3.83. The van der Waals surface area contributed by atoms with Crippen LogP contribution in [-0.4, -0.2) is 39.0 Å². The van der Waals surface area contributed by atoms with E-state index in [1.165, 1.54) is 0 Å². The summed E-state index contributed by atoms with van der Waals surface area (Å²) in [7, 11) is 0. The van der Waals surface area contributed by atoms with Crippen molar-refractivity contribution in [2.24, 2.45) is 11.7 Å². The first-order chi connectivity index (χ1) is 10.1. The van der Waals surface area contributed by atoms with Crippen LogP contribution in [0.2, 0.25) is 0 Å². The molecule has 116 valence electrons. The van der Waals surface area contributed by atoms with Crippen LogP contribution < -0.4 is 5.73 Å². The van der Waals surface area contributed by atoms with Crippen molar-refractivity contribution in [2.45, 2.75) is 64.1 Å². The molecule has 3 rings (SSSR count). The van der Waals surface area contributed by atoms with Gasteiger partial charge in [0, 0.05) is 43.5 Å². The molecule has 1 aromatic heterocycles. The van der Waals surface area contributed by atoms with Crippen LogP contribution in [0.1, 0.15) is 44.3 Å². The Bertz CT molecular complexity index is 498. The van der Waals surface area contributed by atoms with Gasteiger partial charge in [0.05, 0.1) is 0 Å². The van der Waals surface area contributed by atoms with Crippen molar-refractivity contribution >= 4 is 5.91 Å². The summed E-state index contributed by atoms with van der Waals surface area (Å²) in [4.78, 5) is 19.2. The SMILES string of the molecule is Cc1nccn1CC1CCCN1C(=O)C1CCCC(N)C1. The number of carbonyl (C=O) groups excluding carboxylic acids is 1. The maximum atomic E-state index is 12.8. The highest BCUT2D eigenvalue weighted by Gasteiger charge is 2.35. The topological polar surface area (TPSA) is 64.2 Å². The number of nitrogens with two attached hydrogens (primary N) is 1. The van der Waals surface area contributed by atoms with Gasteiger partial charge in [-0.25, -0.2) is 4.98 Å². The molecule has 1 aliphatic carbocycles. The highest BCUT2D eigenvalue weighted by atomic mass is 16.2. The maximum absolute atomic E-state index is 12.8. The van der Waals surface area contributed by atoms with Crippen LogP contribution in [0, 0.1) is 12.8 Å². The molecule has 2 N–H and O–H groups in total. The third-order valence-corrected chi connectivity index (χ3v) is 5.06. The second-order valence-corrected chi connectivity index (χ2v) is 6.58. The van der Waals surface area contributed by atoms with Crippen LogP contribution in [0.5, 0.6) is 0 Å². The van der Waals surface area contributed by atoms with E-state index < -0.39 is 0 Å². The fraction of sp³-hybridized carbons (Fsp3) is 0.750. The number of likely N-dealkylation sites (tertiary alicyclic amines) is 1. The van der Waals surface area contributed by atoms with E-state index in [1.54, 1.807) is 0 Å². The summed E-state index contributed by atoms with van der Waals surface area (Å²) >= 11 is 0. The number of rotatable bonds is 3. The van der Waals surface area contributed by atoms with E-state index >= 15 is 0 Å². The highest BCUT2D eigenvalue weighted by Crippen LogP contribution is 2.29. The fourth-order valence-electron chi connectivity index (χ4n) is 3.83. The molecule has 1 saturated heterocycles. The standard InChI is InChI=1S/C16H26N4O/c1-12-18-7-9-19(12)11-15-6-3-8-20(15)16(21)13-4-2-5-14(17)10-13/h7,9,13-15H,2-6,8,10-11,17H2,1H3. The lowest BCUT2D eigenvalue weighted by Crippen LogP contribution is -2.44. The molecule has 1 aliphatic heterocycles. The van der Waals surface area contributed by atoms with Gasteiger partial charge in [0.1, 0.15) is 5.82 Å². The first kappa shape index (κ1) is 14.6. The van der Waals surface area contributed by atoms with E-state index in [2.05, 4.69) is 14.5 Å². The third kappa shape index (κ3) is 3.12. The monoisotopic (exact) mass is 290 g/mol. The second kappa shape index (κ2) is 6.18. The van der Waals surface area contributed by atoms with Crippen molar-refractivity contribution in [1.29, 1.82) is 0 Å². The van der Waals surface area contributed by atoms with Gasteiger partial charge in [-0.15, -0.1) is 0 Å². The summed E-state index contributed by atoms with van der Waals surface area (Å²) in [5.74, 6) is 1.51. The first-order valence-corrected chi connectivity index (χ1v) is 8.19. The zero-order valence-corrected chi connectivity index (χ0v) is 12.9. The second-order valence-electron chi connectivity index (χ2n) is 6.58. The van der Waals surface area contributed by atoms with Crippen LogP contribution in [0.15, 0.2) is 12.4 Å². The van der Waals surface area contributed by atoms with Crippen LogP contribution in [0.4, 0.5) is 0 Å². The summed E-state index contributed by atoms with van der Waals surface area (Å²) in [6.07, 6.45) is 10.1. The Hall–Kier alpha value is -1.36. The molecule has 2 aliphatic rings. The van der Waals surface area contributed by atoms with Gasteiger partial charge >= 0.3 is 0 Å². The number of imidazole rings is 1. The minimum absolute atomic E-state index is 0.151. The summed E-state index contributed by atoms with van der Waals surface area (Å²) in [6.45, 7) is 3.79. The lowest BCUT2D eigenvalue weighted by atomic mass is 9.85. The van der Waals surface area contributed by atoms with Crippen molar-refractivity contribution < 1.29 is 4.79 Å². The molecule has 2 fully saturated rings. The van der Waals surface area contributed by atoms with Crippen molar-refractivity contribution in [2.75, 3.05) is 6.54 Å². The molecule has 0 aromatic carbocycles. The Morgan fingerprint density at radius 2 is 2.24 bits per heavy atom. The quantitative estimate of drug-likeness (QED) is 0.921. The van der Waals surface area contributed by atoms with E-state index in [0.717, 1.165) is 57.4 Å². The van der Waals surface area contributed by atoms with Gasteiger partial charge in [-0.3, -0.25) is 4.79 Å². The van der Waals surface area contributed by atoms with E-state index in [0.29, 0.717) is 11.9 Å². The van der Waals surface area contributed by atoms with Crippen LogP contribution in [0.3, 0.4) is 0 Å². The number of aromatic nitrogens is 2. The van der Waals surface area contributed by atoms with E-state index in [-0.39, 0.29) is 12.0 Å². The molecule has 0 bridgehead atoms. The summed E-state index contributed by atoms with van der Waals surface area (Å²) < 4.78 is 2.16. The van der Waals surface area contributed by atoms with Crippen molar-refractivity contribution in [3.63, 3.8) is 0 Å². The predicted octanol–water partition coefficient (Wildman–Crippen LogP) is 1.70. The van der Waals surface area contributed by atoms with Gasteiger partial charge in [0.2, 0.25) is 5.91 Å². The Labute approximate surface area is 126 Å². The predicted molar refractivity (Wildman–Crippen MR) is 81.6 cm³/mol. The number of hydrogen-bond donors (Lipinski definition) is 1. The zero-order chi connectivity index (χ0) is 14.8. The van der Waals surface area contributed by atoms with Crippen molar-refractivity contribution in [3.8, 4) is 0 Å². The minimum atomic E-state index is 0.151. The Kier molecular flexibility index (Phi) is 4.29. The molecular weight excluding hydrogens is 264 g/mol. The molecule has 21 heavy (non-hydrogen) atoms. The maximum Gasteiger partial charge on any atom is 0.226 e. The first-order valence-electron chi connectivity index (χ1n) is 8.19. The number of amides is 1. The van der Waals surface area contributed by atoms with Gasteiger partial charge in [-0.1, -0.05) is 6.42 Å². The van der Waals surface area contributed by atoms with Crippen LogP contribution >= 0.6 is 0 Å². The molecule has 3 unspecified atom stereocenters. The Balaban J connectivity index is 1.66. The summed E-state index contributed by atoms with van der Waals surface area (Å²) in [5.41, 5.74) is 6.04. The molecule has 5 heteroatoms. The number of carbonyl (C=O) groups is 1. The molecule has 2 heterocycles. The zero-order valence-electron chi connectivity index (χ0n) is 12.9.